The van der Waals surface area contributed by atoms with Gasteiger partial charge in [0.05, 0.1) is 35.5 Å². The van der Waals surface area contributed by atoms with Crippen LogP contribution in [-0.4, -0.2) is 24.6 Å². The van der Waals surface area contributed by atoms with Crippen molar-refractivity contribution in [3.63, 3.8) is 0 Å². The molecule has 0 unspecified atom stereocenters. The number of benzene rings is 1. The molecule has 1 atom stereocenters. The number of nitrogens with one attached hydrogen (secondary N) is 2. The van der Waals surface area contributed by atoms with Crippen LogP contribution in [0.4, 0.5) is 5.69 Å². The van der Waals surface area contributed by atoms with Crippen LogP contribution in [0.5, 0.6) is 5.75 Å². The molecular weight excluding hydrogens is 430 g/mol. The van der Waals surface area contributed by atoms with Crippen LogP contribution in [-0.2, 0) is 9.59 Å². The molecule has 0 spiro atoms. The maximum absolute atomic E-state index is 12.7. The number of thioether (sulfide) groups is 1. The van der Waals surface area contributed by atoms with E-state index in [-0.39, 0.29) is 23.4 Å². The number of nitriles is 1. The summed E-state index contributed by atoms with van der Waals surface area (Å²) in [5.41, 5.74) is 2.76. The number of ketones is 1. The molecular formula is C23H21N3O3S2. The molecule has 2 aromatic rings. The Hall–Kier alpha value is -3.02. The Bertz CT molecular complexity index is 1100. The monoisotopic (exact) mass is 451 g/mol. The molecule has 4 rings (SSSR count). The van der Waals surface area contributed by atoms with Gasteiger partial charge >= 0.3 is 0 Å². The normalized spacial score (nSPS) is 18.2. The number of amides is 1. The van der Waals surface area contributed by atoms with Gasteiger partial charge in [0.1, 0.15) is 5.75 Å². The predicted octanol–water partition coefficient (Wildman–Crippen LogP) is 4.56. The Balaban J connectivity index is 1.54. The fraction of sp³-hybridized carbons (Fsp3) is 0.261. The van der Waals surface area contributed by atoms with Gasteiger partial charge in [-0.2, -0.15) is 5.26 Å². The van der Waals surface area contributed by atoms with E-state index in [2.05, 4.69) is 16.7 Å². The van der Waals surface area contributed by atoms with Crippen LogP contribution in [0.15, 0.2) is 63.7 Å². The Morgan fingerprint density at radius 2 is 2.13 bits per heavy atom. The minimum atomic E-state index is -0.360. The zero-order valence-corrected chi connectivity index (χ0v) is 18.6. The second-order valence-electron chi connectivity index (χ2n) is 7.16. The summed E-state index contributed by atoms with van der Waals surface area (Å²) in [6, 6.07) is 13.3. The van der Waals surface area contributed by atoms with E-state index in [0.29, 0.717) is 34.0 Å². The maximum atomic E-state index is 12.7. The van der Waals surface area contributed by atoms with Crippen LogP contribution in [0.3, 0.4) is 0 Å². The van der Waals surface area contributed by atoms with E-state index in [0.717, 1.165) is 23.4 Å². The molecule has 158 valence electrons. The van der Waals surface area contributed by atoms with E-state index in [4.69, 9.17) is 4.74 Å². The number of hydrogen-bond donors (Lipinski definition) is 2. The maximum Gasteiger partial charge on any atom is 0.234 e. The van der Waals surface area contributed by atoms with Crippen molar-refractivity contribution < 1.29 is 14.3 Å². The quantitative estimate of drug-likeness (QED) is 0.669. The smallest absolute Gasteiger partial charge is 0.234 e. The molecule has 2 aliphatic rings. The lowest BCUT2D eigenvalue weighted by Gasteiger charge is -2.32. The standard InChI is InChI=1S/C23H21N3O3S2/c1-29-15-9-7-14(8-10-15)25-20(28)13-31-23-16(12-24)21(19-6-3-11-30-19)22-17(26-23)4-2-5-18(22)27/h3,6-11,21,26H,2,4-5,13H2,1H3,(H,25,28)/t21-/m1/s1. The van der Waals surface area contributed by atoms with Crippen molar-refractivity contribution in [1.82, 2.24) is 5.32 Å². The van der Waals surface area contributed by atoms with E-state index in [1.165, 1.54) is 23.1 Å². The minimum Gasteiger partial charge on any atom is -0.497 e. The summed E-state index contributed by atoms with van der Waals surface area (Å²) in [6.45, 7) is 0. The summed E-state index contributed by atoms with van der Waals surface area (Å²) in [5.74, 6) is 0.428. The summed E-state index contributed by atoms with van der Waals surface area (Å²) >= 11 is 2.83. The molecule has 0 saturated heterocycles. The summed E-state index contributed by atoms with van der Waals surface area (Å²) in [5, 5.41) is 18.7. The van der Waals surface area contributed by atoms with Crippen molar-refractivity contribution in [2.24, 2.45) is 0 Å². The molecule has 1 aliphatic heterocycles. The zero-order chi connectivity index (χ0) is 21.8. The van der Waals surface area contributed by atoms with Gasteiger partial charge in [0, 0.05) is 28.3 Å². The van der Waals surface area contributed by atoms with Gasteiger partial charge in [-0.25, -0.2) is 0 Å². The number of methoxy groups -OCH3 is 1. The Morgan fingerprint density at radius 3 is 2.81 bits per heavy atom. The van der Waals surface area contributed by atoms with E-state index in [1.54, 1.807) is 31.4 Å². The molecule has 6 nitrogen and oxygen atoms in total. The topological polar surface area (TPSA) is 91.2 Å². The predicted molar refractivity (Wildman–Crippen MR) is 123 cm³/mol. The summed E-state index contributed by atoms with van der Waals surface area (Å²) in [6.07, 6.45) is 2.07. The first kappa shape index (κ1) is 21.2. The van der Waals surface area contributed by atoms with Gasteiger partial charge < -0.3 is 15.4 Å². The number of carbonyl (C=O) groups is 2. The van der Waals surface area contributed by atoms with Gasteiger partial charge in [-0.3, -0.25) is 9.59 Å². The molecule has 1 amide bonds. The second-order valence-corrected chi connectivity index (χ2v) is 9.13. The molecule has 0 fully saturated rings. The van der Waals surface area contributed by atoms with Crippen LogP contribution in [0.1, 0.15) is 30.1 Å². The van der Waals surface area contributed by atoms with Crippen molar-refractivity contribution in [3.8, 4) is 11.8 Å². The Morgan fingerprint density at radius 1 is 1.32 bits per heavy atom. The number of ether oxygens (including phenoxy) is 1. The van der Waals surface area contributed by atoms with Gasteiger partial charge in [-0.1, -0.05) is 17.8 Å². The molecule has 0 saturated carbocycles. The molecule has 2 heterocycles. The van der Waals surface area contributed by atoms with Gasteiger partial charge in [0.25, 0.3) is 0 Å². The van der Waals surface area contributed by atoms with E-state index < -0.39 is 0 Å². The SMILES string of the molecule is COc1ccc(NC(=O)CSC2=C(C#N)[C@H](c3cccs3)C3=C(CCCC3=O)N2)cc1. The third-order valence-corrected chi connectivity index (χ3v) is 7.17. The van der Waals surface area contributed by atoms with Crippen molar-refractivity contribution in [2.45, 2.75) is 25.2 Å². The number of rotatable bonds is 6. The highest BCUT2D eigenvalue weighted by Gasteiger charge is 2.37. The van der Waals surface area contributed by atoms with Crippen LogP contribution >= 0.6 is 23.1 Å². The number of allylic oxidation sites excluding steroid dienone is 3. The largest absolute Gasteiger partial charge is 0.497 e. The number of dihydropyridines is 1. The number of carbonyl (C=O) groups excluding carboxylic acids is 2. The van der Waals surface area contributed by atoms with Crippen LogP contribution in [0.2, 0.25) is 0 Å². The molecule has 8 heteroatoms. The lowest BCUT2D eigenvalue weighted by molar-refractivity contribution is -0.116. The fourth-order valence-corrected chi connectivity index (χ4v) is 5.49. The summed E-state index contributed by atoms with van der Waals surface area (Å²) in [4.78, 5) is 26.2. The van der Waals surface area contributed by atoms with Gasteiger partial charge in [0.15, 0.2) is 5.78 Å². The number of nitrogens with zero attached hydrogens (tertiary/aromatic N) is 1. The van der Waals surface area contributed by atoms with Crippen molar-refractivity contribution in [3.05, 3.63) is 68.5 Å². The fourth-order valence-electron chi connectivity index (χ4n) is 3.79. The lowest BCUT2D eigenvalue weighted by atomic mass is 9.79. The Kier molecular flexibility index (Phi) is 6.44. The molecule has 2 N–H and O–H groups in total. The number of anilines is 1. The van der Waals surface area contributed by atoms with Gasteiger partial charge in [-0.05, 0) is 48.6 Å². The first-order valence-corrected chi connectivity index (χ1v) is 11.7. The minimum absolute atomic E-state index is 0.0983. The van der Waals surface area contributed by atoms with Gasteiger partial charge in [-0.15, -0.1) is 11.3 Å². The van der Waals surface area contributed by atoms with E-state index in [1.807, 2.05) is 17.5 Å². The van der Waals surface area contributed by atoms with Crippen LogP contribution in [0.25, 0.3) is 0 Å². The lowest BCUT2D eigenvalue weighted by Crippen LogP contribution is -2.31. The molecule has 31 heavy (non-hydrogen) atoms. The molecule has 0 bridgehead atoms. The molecule has 1 aromatic carbocycles. The average Bonchev–Trinajstić information content (AvgIpc) is 3.32. The van der Waals surface area contributed by atoms with E-state index >= 15 is 0 Å². The van der Waals surface area contributed by atoms with Crippen LogP contribution in [0, 0.1) is 11.3 Å². The highest BCUT2D eigenvalue weighted by Crippen LogP contribution is 2.45. The number of hydrogen-bond acceptors (Lipinski definition) is 7. The number of Topliss-reactive ketones (excluding diaryl/α,β-unsaturated/α-hetero) is 1. The Labute approximate surface area is 189 Å². The highest BCUT2D eigenvalue weighted by atomic mass is 32.2. The first-order chi connectivity index (χ1) is 15.1. The average molecular weight is 452 g/mol. The number of thiophene rings is 1. The van der Waals surface area contributed by atoms with E-state index in [9.17, 15) is 14.9 Å². The third kappa shape index (κ3) is 4.53. The molecule has 1 aliphatic carbocycles. The summed E-state index contributed by atoms with van der Waals surface area (Å²) in [7, 11) is 1.59. The highest BCUT2D eigenvalue weighted by molar-refractivity contribution is 8.03. The summed E-state index contributed by atoms with van der Waals surface area (Å²) < 4.78 is 5.13. The van der Waals surface area contributed by atoms with Crippen molar-refractivity contribution >= 4 is 40.5 Å². The first-order valence-electron chi connectivity index (χ1n) is 9.88. The van der Waals surface area contributed by atoms with Gasteiger partial charge in [0.2, 0.25) is 5.91 Å². The molecule has 0 radical (unpaired) electrons. The van der Waals surface area contributed by atoms with Crippen molar-refractivity contribution in [2.75, 3.05) is 18.2 Å². The van der Waals surface area contributed by atoms with Crippen LogP contribution < -0.4 is 15.4 Å². The second kappa shape index (κ2) is 9.41. The zero-order valence-electron chi connectivity index (χ0n) is 16.9. The third-order valence-electron chi connectivity index (χ3n) is 5.21. The molecule has 1 aromatic heterocycles. The van der Waals surface area contributed by atoms with Crippen molar-refractivity contribution in [1.29, 1.82) is 5.26 Å².